The first-order valence-corrected chi connectivity index (χ1v) is 10.1. The molecule has 1 unspecified atom stereocenters. The number of hydrogen-bond donors (Lipinski definition) is 1. The van der Waals surface area contributed by atoms with Gasteiger partial charge in [-0.3, -0.25) is 14.6 Å². The fraction of sp³-hybridized carbons (Fsp3) is 0.476. The number of carbonyl (C=O) groups is 1. The van der Waals surface area contributed by atoms with Gasteiger partial charge in [0.05, 0.1) is 4.88 Å². The van der Waals surface area contributed by atoms with Crippen molar-refractivity contribution in [3.05, 3.63) is 57.3 Å². The van der Waals surface area contributed by atoms with E-state index < -0.39 is 0 Å². The third-order valence-electron chi connectivity index (χ3n) is 5.19. The zero-order valence-electron chi connectivity index (χ0n) is 15.6. The van der Waals surface area contributed by atoms with Crippen LogP contribution in [0.5, 0.6) is 0 Å². The summed E-state index contributed by atoms with van der Waals surface area (Å²) in [5.74, 6) is 0.141. The standard InChI is InChI=1S/C21H28N2O2S/c1-16-5-3-4-6-19(16)13-23-9-8-22(14-20(23)7-10-24)12-18-11-21(17(2)25)26-15-18/h3-6,11,15,20,24H,7-10,12-14H2,1-2H3. The van der Waals surface area contributed by atoms with E-state index in [1.54, 1.807) is 6.92 Å². The van der Waals surface area contributed by atoms with Crippen LogP contribution in [0.15, 0.2) is 35.7 Å². The van der Waals surface area contributed by atoms with Crippen molar-refractivity contribution in [1.82, 2.24) is 9.80 Å². The summed E-state index contributed by atoms with van der Waals surface area (Å²) in [6.45, 7) is 8.80. The molecule has 1 aliphatic rings. The number of carbonyl (C=O) groups excluding carboxylic acids is 1. The number of aliphatic hydroxyl groups excluding tert-OH is 1. The first-order valence-electron chi connectivity index (χ1n) is 9.27. The van der Waals surface area contributed by atoms with Crippen molar-refractivity contribution in [3.63, 3.8) is 0 Å². The fourth-order valence-electron chi connectivity index (χ4n) is 3.64. The number of aryl methyl sites for hydroxylation is 1. The normalized spacial score (nSPS) is 19.0. The summed E-state index contributed by atoms with van der Waals surface area (Å²) in [7, 11) is 0. The molecule has 0 amide bonds. The lowest BCUT2D eigenvalue weighted by Crippen LogP contribution is -2.52. The smallest absolute Gasteiger partial charge is 0.169 e. The Kier molecular flexibility index (Phi) is 6.59. The number of nitrogens with zero attached hydrogens (tertiary/aromatic N) is 2. The van der Waals surface area contributed by atoms with E-state index in [-0.39, 0.29) is 12.4 Å². The van der Waals surface area contributed by atoms with Crippen molar-refractivity contribution in [1.29, 1.82) is 0 Å². The van der Waals surface area contributed by atoms with Gasteiger partial charge in [-0.05, 0) is 48.4 Å². The lowest BCUT2D eigenvalue weighted by Gasteiger charge is -2.41. The number of piperazine rings is 1. The minimum absolute atomic E-state index is 0.141. The van der Waals surface area contributed by atoms with Crippen LogP contribution in [0, 0.1) is 6.92 Å². The number of rotatable bonds is 7. The summed E-state index contributed by atoms with van der Waals surface area (Å²) in [4.78, 5) is 17.3. The molecular formula is C21H28N2O2S. The Morgan fingerprint density at radius 1 is 1.27 bits per heavy atom. The minimum Gasteiger partial charge on any atom is -0.396 e. The van der Waals surface area contributed by atoms with Crippen molar-refractivity contribution in [2.75, 3.05) is 26.2 Å². The van der Waals surface area contributed by atoms with Crippen LogP contribution in [0.25, 0.3) is 0 Å². The van der Waals surface area contributed by atoms with E-state index >= 15 is 0 Å². The van der Waals surface area contributed by atoms with Gasteiger partial charge in [0.25, 0.3) is 0 Å². The molecule has 1 aromatic carbocycles. The summed E-state index contributed by atoms with van der Waals surface area (Å²) in [5.41, 5.74) is 3.91. The molecular weight excluding hydrogens is 344 g/mol. The highest BCUT2D eigenvalue weighted by molar-refractivity contribution is 7.12. The quantitative estimate of drug-likeness (QED) is 0.757. The average Bonchev–Trinajstić information content (AvgIpc) is 3.08. The van der Waals surface area contributed by atoms with Gasteiger partial charge in [0.2, 0.25) is 0 Å². The van der Waals surface area contributed by atoms with Gasteiger partial charge in [0, 0.05) is 45.4 Å². The molecule has 2 heterocycles. The predicted molar refractivity (Wildman–Crippen MR) is 107 cm³/mol. The maximum atomic E-state index is 11.5. The Hall–Kier alpha value is -1.53. The van der Waals surface area contributed by atoms with Gasteiger partial charge in [-0.1, -0.05) is 24.3 Å². The third kappa shape index (κ3) is 4.80. The predicted octanol–water partition coefficient (Wildman–Crippen LogP) is 3.33. The third-order valence-corrected chi connectivity index (χ3v) is 6.27. The first-order chi connectivity index (χ1) is 12.6. The molecule has 5 heteroatoms. The van der Waals surface area contributed by atoms with Gasteiger partial charge < -0.3 is 5.11 Å². The molecule has 0 saturated carbocycles. The number of aliphatic hydroxyl groups is 1. The number of Topliss-reactive ketones (excluding diaryl/α,β-unsaturated/α-hetero) is 1. The van der Waals surface area contributed by atoms with E-state index in [2.05, 4.69) is 46.4 Å². The van der Waals surface area contributed by atoms with E-state index in [9.17, 15) is 9.90 Å². The average molecular weight is 373 g/mol. The number of thiophene rings is 1. The molecule has 0 bridgehead atoms. The summed E-state index contributed by atoms with van der Waals surface area (Å²) < 4.78 is 0. The lowest BCUT2D eigenvalue weighted by atomic mass is 10.0. The molecule has 1 N–H and O–H groups in total. The Labute approximate surface area is 160 Å². The molecule has 1 aliphatic heterocycles. The maximum Gasteiger partial charge on any atom is 0.169 e. The highest BCUT2D eigenvalue weighted by atomic mass is 32.1. The van der Waals surface area contributed by atoms with Gasteiger partial charge in [0.15, 0.2) is 5.78 Å². The molecule has 2 aromatic rings. The van der Waals surface area contributed by atoms with Gasteiger partial charge >= 0.3 is 0 Å². The fourth-order valence-corrected chi connectivity index (χ4v) is 4.45. The van der Waals surface area contributed by atoms with Gasteiger partial charge in [-0.2, -0.15) is 0 Å². The number of hydrogen-bond acceptors (Lipinski definition) is 5. The van der Waals surface area contributed by atoms with Crippen LogP contribution in [0.2, 0.25) is 0 Å². The Bertz CT molecular complexity index is 743. The monoisotopic (exact) mass is 372 g/mol. The minimum atomic E-state index is 0.141. The number of benzene rings is 1. The first kappa shape index (κ1) is 19.2. The zero-order chi connectivity index (χ0) is 18.5. The zero-order valence-corrected chi connectivity index (χ0v) is 16.5. The van der Waals surface area contributed by atoms with Crippen molar-refractivity contribution in [2.45, 2.75) is 39.4 Å². The van der Waals surface area contributed by atoms with E-state index in [0.717, 1.165) is 44.0 Å². The van der Waals surface area contributed by atoms with Crippen LogP contribution in [-0.4, -0.2) is 53.0 Å². The summed E-state index contributed by atoms with van der Waals surface area (Å²) >= 11 is 1.53. The van der Waals surface area contributed by atoms with Gasteiger partial charge in [0.1, 0.15) is 0 Å². The van der Waals surface area contributed by atoms with Crippen molar-refractivity contribution in [2.24, 2.45) is 0 Å². The molecule has 4 nitrogen and oxygen atoms in total. The van der Waals surface area contributed by atoms with E-state index in [0.29, 0.717) is 6.04 Å². The van der Waals surface area contributed by atoms with E-state index in [1.165, 1.54) is 28.0 Å². The van der Waals surface area contributed by atoms with Gasteiger partial charge in [-0.15, -0.1) is 11.3 Å². The van der Waals surface area contributed by atoms with E-state index in [1.807, 2.05) is 6.07 Å². The molecule has 140 valence electrons. The Morgan fingerprint density at radius 2 is 2.08 bits per heavy atom. The Balaban J connectivity index is 1.63. The van der Waals surface area contributed by atoms with Crippen LogP contribution in [0.3, 0.4) is 0 Å². The molecule has 0 spiro atoms. The molecule has 1 aromatic heterocycles. The van der Waals surface area contributed by atoms with E-state index in [4.69, 9.17) is 0 Å². The van der Waals surface area contributed by atoms with Crippen LogP contribution < -0.4 is 0 Å². The summed E-state index contributed by atoms with van der Waals surface area (Å²) in [6.07, 6.45) is 0.796. The van der Waals surface area contributed by atoms with Crippen LogP contribution in [0.1, 0.15) is 39.7 Å². The van der Waals surface area contributed by atoms with Crippen molar-refractivity contribution < 1.29 is 9.90 Å². The van der Waals surface area contributed by atoms with Gasteiger partial charge in [-0.25, -0.2) is 0 Å². The lowest BCUT2D eigenvalue weighted by molar-refractivity contribution is 0.0499. The highest BCUT2D eigenvalue weighted by Crippen LogP contribution is 2.22. The molecule has 26 heavy (non-hydrogen) atoms. The van der Waals surface area contributed by atoms with Crippen molar-refractivity contribution >= 4 is 17.1 Å². The molecule has 1 atom stereocenters. The summed E-state index contributed by atoms with van der Waals surface area (Å²) in [5, 5.41) is 11.6. The topological polar surface area (TPSA) is 43.8 Å². The Morgan fingerprint density at radius 3 is 2.77 bits per heavy atom. The second-order valence-corrected chi connectivity index (χ2v) is 8.08. The molecule has 0 radical (unpaired) electrons. The maximum absolute atomic E-state index is 11.5. The second-order valence-electron chi connectivity index (χ2n) is 7.17. The van der Waals surface area contributed by atoms with Crippen LogP contribution in [-0.2, 0) is 13.1 Å². The SMILES string of the molecule is CC(=O)c1cc(CN2CCN(Cc3ccccc3C)C(CCO)C2)cs1. The van der Waals surface area contributed by atoms with Crippen molar-refractivity contribution in [3.8, 4) is 0 Å². The van der Waals surface area contributed by atoms with Crippen LogP contribution >= 0.6 is 11.3 Å². The molecule has 3 rings (SSSR count). The molecule has 1 saturated heterocycles. The number of ketones is 1. The second kappa shape index (κ2) is 8.91. The highest BCUT2D eigenvalue weighted by Gasteiger charge is 2.27. The molecule has 0 aliphatic carbocycles. The summed E-state index contributed by atoms with van der Waals surface area (Å²) in [6, 6.07) is 10.9. The molecule has 1 fully saturated rings. The largest absolute Gasteiger partial charge is 0.396 e. The van der Waals surface area contributed by atoms with Crippen LogP contribution in [0.4, 0.5) is 0 Å².